The van der Waals surface area contributed by atoms with E-state index in [0.29, 0.717) is 23.4 Å². The van der Waals surface area contributed by atoms with E-state index in [-0.39, 0.29) is 16.6 Å². The van der Waals surface area contributed by atoms with Gasteiger partial charge >= 0.3 is 0 Å². The lowest BCUT2D eigenvalue weighted by Crippen LogP contribution is -2.36. The third-order valence-corrected chi connectivity index (χ3v) is 8.29. The molecule has 0 saturated heterocycles. The minimum atomic E-state index is -4.10. The maximum Gasteiger partial charge on any atom is 0.261 e. The summed E-state index contributed by atoms with van der Waals surface area (Å²) in [7, 11) is -8.17. The number of anilines is 1. The fraction of sp³-hybridized carbons (Fsp3) is 0.368. The third kappa shape index (κ3) is 5.03. The van der Waals surface area contributed by atoms with Crippen LogP contribution in [0, 0.1) is 6.92 Å². The van der Waals surface area contributed by atoms with Crippen LogP contribution in [0.15, 0.2) is 46.2 Å². The first-order valence-corrected chi connectivity index (χ1v) is 12.6. The van der Waals surface area contributed by atoms with Crippen molar-refractivity contribution in [3.8, 4) is 5.75 Å². The summed E-state index contributed by atoms with van der Waals surface area (Å²) in [6, 6.07) is 7.75. The molecule has 0 heterocycles. The Morgan fingerprint density at radius 1 is 1.00 bits per heavy atom. The van der Waals surface area contributed by atoms with Crippen molar-refractivity contribution >= 4 is 37.3 Å². The Labute approximate surface area is 176 Å². The first kappa shape index (κ1) is 21.9. The SMILES string of the molecule is Cc1c(Cl)cccc1NS(=O)(=O)c1ccc(O)c(S(=O)(=O)NC2CCCCC2)c1. The van der Waals surface area contributed by atoms with E-state index in [1.807, 2.05) is 0 Å². The molecule has 0 bridgehead atoms. The Morgan fingerprint density at radius 2 is 1.69 bits per heavy atom. The molecule has 3 rings (SSSR count). The van der Waals surface area contributed by atoms with Crippen LogP contribution in [0.2, 0.25) is 5.02 Å². The summed E-state index contributed by atoms with van der Waals surface area (Å²) >= 11 is 6.03. The highest BCUT2D eigenvalue weighted by molar-refractivity contribution is 7.93. The molecule has 2 aromatic carbocycles. The van der Waals surface area contributed by atoms with Crippen LogP contribution in [0.1, 0.15) is 37.7 Å². The summed E-state index contributed by atoms with van der Waals surface area (Å²) in [6.45, 7) is 1.67. The van der Waals surface area contributed by atoms with E-state index in [0.717, 1.165) is 37.5 Å². The van der Waals surface area contributed by atoms with E-state index in [9.17, 15) is 21.9 Å². The Hall–Kier alpha value is -1.81. The zero-order valence-electron chi connectivity index (χ0n) is 15.9. The molecule has 1 saturated carbocycles. The van der Waals surface area contributed by atoms with Crippen molar-refractivity contribution in [3.05, 3.63) is 47.0 Å². The number of hydrogen-bond donors (Lipinski definition) is 3. The van der Waals surface area contributed by atoms with Gasteiger partial charge < -0.3 is 5.11 Å². The van der Waals surface area contributed by atoms with Crippen LogP contribution in [-0.2, 0) is 20.0 Å². The molecule has 0 radical (unpaired) electrons. The first-order chi connectivity index (χ1) is 13.6. The highest BCUT2D eigenvalue weighted by Crippen LogP contribution is 2.30. The molecule has 0 unspecified atom stereocenters. The molecule has 0 amide bonds. The van der Waals surface area contributed by atoms with Gasteiger partial charge in [0, 0.05) is 11.1 Å². The third-order valence-electron chi connectivity index (χ3n) is 4.97. The number of phenolic OH excluding ortho intramolecular Hbond substituents is 1. The van der Waals surface area contributed by atoms with Gasteiger partial charge in [-0.3, -0.25) is 4.72 Å². The first-order valence-electron chi connectivity index (χ1n) is 9.23. The van der Waals surface area contributed by atoms with Gasteiger partial charge in [-0.05, 0) is 55.7 Å². The molecule has 0 atom stereocenters. The van der Waals surface area contributed by atoms with Gasteiger partial charge in [-0.25, -0.2) is 21.6 Å². The number of phenols is 1. The highest BCUT2D eigenvalue weighted by atomic mass is 35.5. The number of aromatic hydroxyl groups is 1. The van der Waals surface area contributed by atoms with Crippen molar-refractivity contribution in [2.45, 2.75) is 54.9 Å². The van der Waals surface area contributed by atoms with Crippen molar-refractivity contribution < 1.29 is 21.9 Å². The van der Waals surface area contributed by atoms with Gasteiger partial charge in [-0.2, -0.15) is 0 Å². The molecule has 3 N–H and O–H groups in total. The van der Waals surface area contributed by atoms with Gasteiger partial charge in [-0.15, -0.1) is 0 Å². The Kier molecular flexibility index (Phi) is 6.42. The van der Waals surface area contributed by atoms with Gasteiger partial charge in [0.05, 0.1) is 10.6 Å². The van der Waals surface area contributed by atoms with Crippen LogP contribution in [0.3, 0.4) is 0 Å². The number of halogens is 1. The van der Waals surface area contributed by atoms with Gasteiger partial charge in [-0.1, -0.05) is 36.9 Å². The van der Waals surface area contributed by atoms with Crippen LogP contribution >= 0.6 is 11.6 Å². The number of benzene rings is 2. The fourth-order valence-electron chi connectivity index (χ4n) is 3.30. The molecule has 10 heteroatoms. The maximum atomic E-state index is 12.8. The fourth-order valence-corrected chi connectivity index (χ4v) is 6.13. The number of nitrogens with one attached hydrogen (secondary N) is 2. The van der Waals surface area contributed by atoms with Crippen LogP contribution in [0.4, 0.5) is 5.69 Å². The Morgan fingerprint density at radius 3 is 2.38 bits per heavy atom. The van der Waals surface area contributed by atoms with Crippen molar-refractivity contribution in [1.82, 2.24) is 4.72 Å². The molecular formula is C19H23ClN2O5S2. The summed E-state index contributed by atoms with van der Waals surface area (Å²) < 4.78 is 56.1. The molecule has 0 aliphatic heterocycles. The van der Waals surface area contributed by atoms with Crippen molar-refractivity contribution in [1.29, 1.82) is 0 Å². The van der Waals surface area contributed by atoms with Crippen molar-refractivity contribution in [3.63, 3.8) is 0 Å². The summed E-state index contributed by atoms with van der Waals surface area (Å²) in [5.41, 5.74) is 0.832. The Bertz CT molecular complexity index is 1110. The molecule has 1 aliphatic rings. The van der Waals surface area contributed by atoms with E-state index >= 15 is 0 Å². The van der Waals surface area contributed by atoms with Crippen LogP contribution in [0.5, 0.6) is 5.75 Å². The maximum absolute atomic E-state index is 12.8. The normalized spacial score (nSPS) is 15.9. The zero-order chi connectivity index (χ0) is 21.2. The molecule has 0 aromatic heterocycles. The molecule has 1 aliphatic carbocycles. The number of sulfonamides is 2. The molecular weight excluding hydrogens is 436 g/mol. The topological polar surface area (TPSA) is 113 Å². The predicted molar refractivity (Wildman–Crippen MR) is 112 cm³/mol. The van der Waals surface area contributed by atoms with E-state index < -0.39 is 30.7 Å². The monoisotopic (exact) mass is 458 g/mol. The lowest BCUT2D eigenvalue weighted by atomic mass is 9.96. The standard InChI is InChI=1S/C19H23ClN2O5S2/c1-13-16(20)8-5-9-17(13)22-28(24,25)15-10-11-18(23)19(12-15)29(26,27)21-14-6-3-2-4-7-14/h5,8-12,14,21-23H,2-4,6-7H2,1H3. The minimum absolute atomic E-state index is 0.222. The average Bonchev–Trinajstić information content (AvgIpc) is 2.66. The summed E-state index contributed by atoms with van der Waals surface area (Å²) in [6.07, 6.45) is 4.35. The number of rotatable bonds is 6. The summed E-state index contributed by atoms with van der Waals surface area (Å²) in [5.74, 6) is -0.508. The molecule has 1 fully saturated rings. The minimum Gasteiger partial charge on any atom is -0.507 e. The van der Waals surface area contributed by atoms with E-state index in [1.165, 1.54) is 0 Å². The second-order valence-corrected chi connectivity index (χ2v) is 10.9. The number of hydrogen-bond acceptors (Lipinski definition) is 5. The zero-order valence-corrected chi connectivity index (χ0v) is 18.2. The molecule has 7 nitrogen and oxygen atoms in total. The highest BCUT2D eigenvalue weighted by Gasteiger charge is 2.27. The lowest BCUT2D eigenvalue weighted by molar-refractivity contribution is 0.410. The van der Waals surface area contributed by atoms with Crippen LogP contribution in [0.25, 0.3) is 0 Å². The van der Waals surface area contributed by atoms with E-state index in [4.69, 9.17) is 11.6 Å². The van der Waals surface area contributed by atoms with Crippen LogP contribution < -0.4 is 9.44 Å². The molecule has 29 heavy (non-hydrogen) atoms. The second kappa shape index (κ2) is 8.51. The van der Waals surface area contributed by atoms with Crippen molar-refractivity contribution in [2.24, 2.45) is 0 Å². The second-order valence-electron chi connectivity index (χ2n) is 7.10. The van der Waals surface area contributed by atoms with Gasteiger partial charge in [0.2, 0.25) is 10.0 Å². The molecule has 158 valence electrons. The average molecular weight is 459 g/mol. The van der Waals surface area contributed by atoms with Gasteiger partial charge in [0.25, 0.3) is 10.0 Å². The summed E-state index contributed by atoms with van der Waals surface area (Å²) in [4.78, 5) is -0.743. The lowest BCUT2D eigenvalue weighted by Gasteiger charge is -2.23. The smallest absolute Gasteiger partial charge is 0.261 e. The van der Waals surface area contributed by atoms with E-state index in [2.05, 4.69) is 9.44 Å². The van der Waals surface area contributed by atoms with Gasteiger partial charge in [0.1, 0.15) is 10.6 Å². The van der Waals surface area contributed by atoms with Gasteiger partial charge in [0.15, 0.2) is 0 Å². The van der Waals surface area contributed by atoms with Crippen LogP contribution in [-0.4, -0.2) is 28.0 Å². The quantitative estimate of drug-likeness (QED) is 0.609. The Balaban J connectivity index is 1.92. The van der Waals surface area contributed by atoms with Crippen molar-refractivity contribution in [2.75, 3.05) is 4.72 Å². The summed E-state index contributed by atoms with van der Waals surface area (Å²) in [5, 5.41) is 10.5. The van der Waals surface area contributed by atoms with E-state index in [1.54, 1.807) is 25.1 Å². The predicted octanol–water partition coefficient (Wildman–Crippen LogP) is 3.77. The molecule has 0 spiro atoms. The largest absolute Gasteiger partial charge is 0.507 e. The molecule has 2 aromatic rings.